The number of hydrogen-bond donors (Lipinski definition) is 4. The number of imidazole rings is 1. The van der Waals surface area contributed by atoms with E-state index in [4.69, 9.17) is 11.0 Å². The predicted octanol–water partition coefficient (Wildman–Crippen LogP) is 1.56. The Bertz CT molecular complexity index is 901. The van der Waals surface area contributed by atoms with Gasteiger partial charge in [0, 0.05) is 4.90 Å². The first-order chi connectivity index (χ1) is 10.6. The maximum absolute atomic E-state index is 9.64. The number of nitrogens with two attached hydrogens (primary N) is 1. The fourth-order valence-corrected chi connectivity index (χ4v) is 2.82. The molecule has 0 fully saturated rings. The van der Waals surface area contributed by atoms with Gasteiger partial charge in [-0.15, -0.1) is 0 Å². The first-order valence-electron chi connectivity index (χ1n) is 6.14. The molecular weight excluding hydrogens is 304 g/mol. The highest BCUT2D eigenvalue weighted by Crippen LogP contribution is 2.37. The number of fused-ring (bicyclic) bond motifs is 1. The molecule has 0 aliphatic heterocycles. The minimum atomic E-state index is -0.269. The number of phenols is 2. The van der Waals surface area contributed by atoms with Crippen molar-refractivity contribution in [2.45, 2.75) is 16.5 Å². The summed E-state index contributed by atoms with van der Waals surface area (Å²) < 4.78 is 0. The van der Waals surface area contributed by atoms with Crippen LogP contribution >= 0.6 is 11.8 Å². The Morgan fingerprint density at radius 3 is 2.77 bits per heavy atom. The van der Waals surface area contributed by atoms with Crippen LogP contribution in [0, 0.1) is 11.3 Å². The van der Waals surface area contributed by atoms with Gasteiger partial charge in [-0.3, -0.25) is 0 Å². The van der Waals surface area contributed by atoms with Crippen molar-refractivity contribution >= 4 is 28.7 Å². The number of rotatable bonds is 3. The minimum absolute atomic E-state index is 0.0956. The van der Waals surface area contributed by atoms with E-state index in [0.717, 1.165) is 0 Å². The number of phenolic OH excluding ortho intramolecular Hbond substituents is 2. The van der Waals surface area contributed by atoms with E-state index < -0.39 is 0 Å². The van der Waals surface area contributed by atoms with Crippen LogP contribution in [0.4, 0.5) is 5.82 Å². The number of aromatic amines is 1. The highest BCUT2D eigenvalue weighted by molar-refractivity contribution is 7.99. The topological polar surface area (TPSA) is 145 Å². The maximum atomic E-state index is 9.64. The number of anilines is 1. The monoisotopic (exact) mass is 314 g/mol. The van der Waals surface area contributed by atoms with Crippen molar-refractivity contribution in [2.75, 3.05) is 5.73 Å². The zero-order chi connectivity index (χ0) is 15.7. The molecule has 3 aromatic rings. The maximum Gasteiger partial charge on any atom is 0.183 e. The third kappa shape index (κ3) is 2.47. The van der Waals surface area contributed by atoms with Crippen molar-refractivity contribution in [3.05, 3.63) is 24.0 Å². The van der Waals surface area contributed by atoms with Gasteiger partial charge in [-0.25, -0.2) is 15.0 Å². The van der Waals surface area contributed by atoms with Crippen LogP contribution < -0.4 is 5.73 Å². The molecule has 2 heterocycles. The van der Waals surface area contributed by atoms with Gasteiger partial charge in [0.1, 0.15) is 11.8 Å². The summed E-state index contributed by atoms with van der Waals surface area (Å²) >= 11 is 1.20. The summed E-state index contributed by atoms with van der Waals surface area (Å²) in [5.41, 5.74) is 7.28. The van der Waals surface area contributed by atoms with E-state index in [1.54, 1.807) is 0 Å². The molecule has 5 N–H and O–H groups in total. The minimum Gasteiger partial charge on any atom is -0.504 e. The van der Waals surface area contributed by atoms with Crippen molar-refractivity contribution < 1.29 is 10.2 Å². The number of aromatic hydroxyl groups is 2. The number of nitrogens with zero attached hydrogens (tertiary/aromatic N) is 4. The Morgan fingerprint density at radius 1 is 1.27 bits per heavy atom. The van der Waals surface area contributed by atoms with Gasteiger partial charge in [-0.05, 0) is 17.7 Å². The fourth-order valence-electron chi connectivity index (χ4n) is 1.90. The van der Waals surface area contributed by atoms with Gasteiger partial charge in [0.2, 0.25) is 0 Å². The summed E-state index contributed by atoms with van der Waals surface area (Å²) in [5, 5.41) is 28.5. The third-order valence-corrected chi connectivity index (χ3v) is 3.92. The molecule has 0 atom stereocenters. The highest BCUT2D eigenvalue weighted by atomic mass is 32.2. The van der Waals surface area contributed by atoms with Gasteiger partial charge < -0.3 is 20.9 Å². The Kier molecular flexibility index (Phi) is 3.44. The second kappa shape index (κ2) is 5.42. The highest BCUT2D eigenvalue weighted by Gasteiger charge is 2.13. The summed E-state index contributed by atoms with van der Waals surface area (Å²) in [5.74, 6) is -0.246. The van der Waals surface area contributed by atoms with Crippen LogP contribution in [0.1, 0.15) is 5.56 Å². The molecule has 0 aliphatic carbocycles. The molecule has 3 rings (SSSR count). The van der Waals surface area contributed by atoms with Crippen LogP contribution in [-0.4, -0.2) is 30.1 Å². The predicted molar refractivity (Wildman–Crippen MR) is 79.3 cm³/mol. The van der Waals surface area contributed by atoms with E-state index in [2.05, 4.69) is 19.9 Å². The Labute approximate surface area is 128 Å². The van der Waals surface area contributed by atoms with Crippen LogP contribution in [-0.2, 0) is 6.42 Å². The van der Waals surface area contributed by atoms with Gasteiger partial charge in [-0.1, -0.05) is 11.8 Å². The van der Waals surface area contributed by atoms with Crippen LogP contribution in [0.2, 0.25) is 0 Å². The van der Waals surface area contributed by atoms with Crippen molar-refractivity contribution in [1.82, 2.24) is 19.9 Å². The zero-order valence-corrected chi connectivity index (χ0v) is 11.9. The summed E-state index contributed by atoms with van der Waals surface area (Å²) in [4.78, 5) is 15.7. The second-order valence-corrected chi connectivity index (χ2v) is 5.42. The molecule has 1 aromatic carbocycles. The number of benzene rings is 1. The lowest BCUT2D eigenvalue weighted by Crippen LogP contribution is -1.91. The number of H-pyrrole nitrogens is 1. The lowest BCUT2D eigenvalue weighted by atomic mass is 10.1. The normalized spacial score (nSPS) is 10.7. The molecular formula is C13H10N6O2S. The van der Waals surface area contributed by atoms with Crippen molar-refractivity contribution in [3.8, 4) is 17.6 Å². The van der Waals surface area contributed by atoms with Gasteiger partial charge in [-0.2, -0.15) is 5.26 Å². The summed E-state index contributed by atoms with van der Waals surface area (Å²) in [6.45, 7) is 0. The average molecular weight is 314 g/mol. The Hall–Kier alpha value is -2.99. The average Bonchev–Trinajstić information content (AvgIpc) is 2.89. The van der Waals surface area contributed by atoms with Crippen molar-refractivity contribution in [1.29, 1.82) is 5.26 Å². The molecule has 0 amide bonds. The number of nitrogens with one attached hydrogen (secondary N) is 1. The standard InChI is InChI=1S/C13H10N6O2S/c14-2-1-6-3-7(20)8(21)4-9(6)22-13-18-10-11(15)16-5-17-12(10)19-13/h3-5,20-21H,1H2,(H3,15,16,17,18,19). The molecule has 9 heteroatoms. The number of hydrogen-bond acceptors (Lipinski definition) is 8. The smallest absolute Gasteiger partial charge is 0.183 e. The quantitative estimate of drug-likeness (QED) is 0.533. The first kappa shape index (κ1) is 14.0. The molecule has 0 unspecified atom stereocenters. The lowest BCUT2D eigenvalue weighted by molar-refractivity contribution is 0.402. The van der Waals surface area contributed by atoms with Crippen molar-refractivity contribution in [3.63, 3.8) is 0 Å². The summed E-state index contributed by atoms with van der Waals surface area (Å²) in [7, 11) is 0. The molecule has 0 saturated heterocycles. The molecule has 0 bridgehead atoms. The third-order valence-electron chi connectivity index (χ3n) is 2.93. The number of aromatic nitrogens is 4. The zero-order valence-electron chi connectivity index (χ0n) is 11.1. The van der Waals surface area contributed by atoms with E-state index in [9.17, 15) is 10.2 Å². The summed E-state index contributed by atoms with van der Waals surface area (Å²) in [6.07, 6.45) is 1.42. The molecule has 2 aromatic heterocycles. The van der Waals surface area contributed by atoms with Crippen LogP contribution in [0.3, 0.4) is 0 Å². The van der Waals surface area contributed by atoms with Crippen molar-refractivity contribution in [2.24, 2.45) is 0 Å². The molecule has 22 heavy (non-hydrogen) atoms. The van der Waals surface area contributed by atoms with E-state index in [1.807, 2.05) is 6.07 Å². The molecule has 110 valence electrons. The first-order valence-corrected chi connectivity index (χ1v) is 6.96. The Morgan fingerprint density at radius 2 is 2.05 bits per heavy atom. The SMILES string of the molecule is N#CCc1cc(O)c(O)cc1Sc1nc2ncnc(N)c2[nH]1. The van der Waals surface area contributed by atoms with E-state index in [0.29, 0.717) is 26.8 Å². The van der Waals surface area contributed by atoms with Crippen LogP contribution in [0.15, 0.2) is 28.5 Å². The molecule has 0 radical (unpaired) electrons. The van der Waals surface area contributed by atoms with Gasteiger partial charge in [0.25, 0.3) is 0 Å². The van der Waals surface area contributed by atoms with E-state index in [-0.39, 0.29) is 23.7 Å². The second-order valence-electron chi connectivity index (χ2n) is 4.39. The van der Waals surface area contributed by atoms with Gasteiger partial charge in [0.05, 0.1) is 12.5 Å². The number of nitrogen functional groups attached to an aromatic ring is 1. The van der Waals surface area contributed by atoms with E-state index in [1.165, 1.54) is 30.2 Å². The van der Waals surface area contributed by atoms with Gasteiger partial charge in [0.15, 0.2) is 28.1 Å². The van der Waals surface area contributed by atoms with Crippen LogP contribution in [0.25, 0.3) is 11.2 Å². The Balaban J connectivity index is 2.02. The van der Waals surface area contributed by atoms with E-state index >= 15 is 0 Å². The largest absolute Gasteiger partial charge is 0.504 e. The van der Waals surface area contributed by atoms with Crippen LogP contribution in [0.5, 0.6) is 11.5 Å². The molecule has 0 saturated carbocycles. The molecule has 8 nitrogen and oxygen atoms in total. The molecule has 0 aliphatic rings. The lowest BCUT2D eigenvalue weighted by Gasteiger charge is -2.07. The fraction of sp³-hybridized carbons (Fsp3) is 0.0769. The van der Waals surface area contributed by atoms with Gasteiger partial charge >= 0.3 is 0 Å². The molecule has 0 spiro atoms. The summed E-state index contributed by atoms with van der Waals surface area (Å²) in [6, 6.07) is 4.76. The number of nitriles is 1.